The van der Waals surface area contributed by atoms with Gasteiger partial charge in [0, 0.05) is 55.8 Å². The predicted molar refractivity (Wildman–Crippen MR) is 210 cm³/mol. The van der Waals surface area contributed by atoms with E-state index < -0.39 is 18.6 Å². The SMILES string of the molecule is Cc1c(COCCN2CC[C@@H](OI)C2)cccc1-c1cccc(COc2cc(OCc3cncc(C#N)c3)c(CN(C)[C@@H](CO)C(=O)O)cc2Cl)c1C. The summed E-state index contributed by atoms with van der Waals surface area (Å²) in [5, 5.41) is 28.9. The molecule has 2 atom stereocenters. The van der Waals surface area contributed by atoms with Crippen LogP contribution in [0.3, 0.4) is 0 Å². The van der Waals surface area contributed by atoms with Crippen molar-refractivity contribution in [1.29, 1.82) is 5.26 Å². The predicted octanol–water partition coefficient (Wildman–Crippen LogP) is 6.88. The molecule has 1 aromatic heterocycles. The number of ether oxygens (including phenoxy) is 3. The number of aliphatic carboxylic acids is 1. The zero-order chi connectivity index (χ0) is 37.9. The van der Waals surface area contributed by atoms with Crippen LogP contribution < -0.4 is 9.47 Å². The lowest BCUT2D eigenvalue weighted by atomic mass is 9.92. The first-order valence-corrected chi connectivity index (χ1v) is 18.6. The van der Waals surface area contributed by atoms with E-state index >= 15 is 0 Å². The molecule has 3 aromatic carbocycles. The maximum atomic E-state index is 11.7. The van der Waals surface area contributed by atoms with Crippen molar-refractivity contribution in [3.63, 3.8) is 0 Å². The van der Waals surface area contributed by atoms with E-state index in [0.717, 1.165) is 53.9 Å². The number of hydrogen-bond acceptors (Lipinski definition) is 10. The molecule has 0 saturated carbocycles. The standard InChI is InChI=1S/C40H44ClIN4O7/c1-26-30(24-50-13-12-46-11-10-33(21-46)53-42)6-4-8-34(26)35-9-5-7-31(27(35)2)25-52-39-16-38(51-23-29-14-28(17-43)18-44-19-29)32(15-36(39)41)20-45(3)37(22-47)40(48)49/h4-9,14-16,18-19,33,37,47H,10-13,20-25H2,1-3H3,(H,48,49)/t33-,37+/m1/s1. The van der Waals surface area contributed by atoms with Crippen LogP contribution in [0.15, 0.2) is 67.0 Å². The number of aliphatic hydroxyl groups excluding tert-OH is 1. The highest BCUT2D eigenvalue weighted by molar-refractivity contribution is 14.1. The number of pyridine rings is 1. The lowest BCUT2D eigenvalue weighted by Crippen LogP contribution is -2.40. The van der Waals surface area contributed by atoms with Gasteiger partial charge in [-0.25, -0.2) is 0 Å². The minimum atomic E-state index is -1.15. The van der Waals surface area contributed by atoms with Crippen LogP contribution in [0.2, 0.25) is 5.02 Å². The minimum absolute atomic E-state index is 0.0975. The third kappa shape index (κ3) is 10.7. The van der Waals surface area contributed by atoms with Gasteiger partial charge in [0.25, 0.3) is 0 Å². The normalized spacial score (nSPS) is 15.0. The fraction of sp³-hybridized carbons (Fsp3) is 0.375. The van der Waals surface area contributed by atoms with Crippen molar-refractivity contribution in [1.82, 2.24) is 14.8 Å². The van der Waals surface area contributed by atoms with Gasteiger partial charge >= 0.3 is 5.97 Å². The molecule has 1 saturated heterocycles. The van der Waals surface area contributed by atoms with E-state index in [1.165, 1.54) is 16.7 Å². The van der Waals surface area contributed by atoms with E-state index in [0.29, 0.717) is 52.5 Å². The Balaban J connectivity index is 1.31. The largest absolute Gasteiger partial charge is 0.488 e. The summed E-state index contributed by atoms with van der Waals surface area (Å²) in [5.41, 5.74) is 8.29. The Hall–Kier alpha value is -3.81. The van der Waals surface area contributed by atoms with Crippen LogP contribution >= 0.6 is 34.6 Å². The van der Waals surface area contributed by atoms with E-state index in [4.69, 9.17) is 28.9 Å². The average Bonchev–Trinajstić information content (AvgIpc) is 3.62. The molecule has 1 fully saturated rings. The van der Waals surface area contributed by atoms with Gasteiger partial charge in [-0.3, -0.25) is 19.6 Å². The van der Waals surface area contributed by atoms with Crippen molar-refractivity contribution in [2.75, 3.05) is 39.9 Å². The molecular weight excluding hydrogens is 811 g/mol. The molecule has 1 aliphatic rings. The molecule has 0 aliphatic carbocycles. The Kier molecular flexibility index (Phi) is 14.9. The first-order valence-electron chi connectivity index (χ1n) is 17.3. The molecule has 280 valence electrons. The number of carboxylic acids is 1. The van der Waals surface area contributed by atoms with E-state index in [2.05, 4.69) is 54.1 Å². The van der Waals surface area contributed by atoms with Crippen molar-refractivity contribution in [3.8, 4) is 28.7 Å². The molecular formula is C40H44ClIN4O7. The van der Waals surface area contributed by atoms with Crippen LogP contribution in [0.25, 0.3) is 11.1 Å². The second kappa shape index (κ2) is 19.5. The van der Waals surface area contributed by atoms with Gasteiger partial charge in [-0.05, 0) is 72.8 Å². The molecule has 53 heavy (non-hydrogen) atoms. The maximum Gasteiger partial charge on any atom is 0.323 e. The van der Waals surface area contributed by atoms with Crippen molar-refractivity contribution in [3.05, 3.63) is 111 Å². The Morgan fingerprint density at radius 2 is 1.74 bits per heavy atom. The van der Waals surface area contributed by atoms with Gasteiger partial charge in [-0.2, -0.15) is 5.26 Å². The molecule has 1 aliphatic heterocycles. The van der Waals surface area contributed by atoms with Crippen molar-refractivity contribution < 1.29 is 32.3 Å². The van der Waals surface area contributed by atoms with E-state index in [9.17, 15) is 20.3 Å². The number of rotatable bonds is 18. The molecule has 13 heteroatoms. The third-order valence-corrected chi connectivity index (χ3v) is 10.6. The van der Waals surface area contributed by atoms with Gasteiger partial charge in [-0.15, -0.1) is 0 Å². The van der Waals surface area contributed by atoms with E-state index in [1.54, 1.807) is 31.4 Å². The summed E-state index contributed by atoms with van der Waals surface area (Å²) in [5.74, 6) is -0.342. The van der Waals surface area contributed by atoms with Crippen molar-refractivity contribution >= 4 is 40.6 Å². The highest BCUT2D eigenvalue weighted by Crippen LogP contribution is 2.36. The van der Waals surface area contributed by atoms with Gasteiger partial charge in [0.05, 0.1) is 36.5 Å². The maximum absolute atomic E-state index is 11.7. The Morgan fingerprint density at radius 1 is 1.04 bits per heavy atom. The molecule has 11 nitrogen and oxygen atoms in total. The highest BCUT2D eigenvalue weighted by Gasteiger charge is 2.24. The number of carboxylic acid groups (broad SMARTS) is 1. The van der Waals surface area contributed by atoms with Crippen LogP contribution in [0.5, 0.6) is 11.5 Å². The lowest BCUT2D eigenvalue weighted by molar-refractivity contribution is -0.144. The zero-order valence-electron chi connectivity index (χ0n) is 30.1. The quantitative estimate of drug-likeness (QED) is 0.0801. The van der Waals surface area contributed by atoms with Crippen LogP contribution in [-0.4, -0.2) is 83.0 Å². The van der Waals surface area contributed by atoms with Gasteiger partial charge < -0.3 is 27.5 Å². The molecule has 5 rings (SSSR count). The van der Waals surface area contributed by atoms with E-state index in [1.807, 2.05) is 35.1 Å². The first-order chi connectivity index (χ1) is 25.6. The molecule has 0 radical (unpaired) electrons. The third-order valence-electron chi connectivity index (χ3n) is 9.57. The summed E-state index contributed by atoms with van der Waals surface area (Å²) in [6.45, 7) is 8.17. The van der Waals surface area contributed by atoms with Gasteiger partial charge in [0.15, 0.2) is 0 Å². The number of likely N-dealkylation sites (tertiary alicyclic amines) is 1. The van der Waals surface area contributed by atoms with E-state index in [-0.39, 0.29) is 19.8 Å². The summed E-state index contributed by atoms with van der Waals surface area (Å²) < 4.78 is 24.1. The number of nitriles is 1. The van der Waals surface area contributed by atoms with Crippen LogP contribution in [-0.2, 0) is 39.0 Å². The fourth-order valence-corrected chi connectivity index (χ4v) is 7.04. The zero-order valence-corrected chi connectivity index (χ0v) is 33.0. The lowest BCUT2D eigenvalue weighted by Gasteiger charge is -2.24. The summed E-state index contributed by atoms with van der Waals surface area (Å²) >= 11 is 8.75. The monoisotopic (exact) mass is 854 g/mol. The van der Waals surface area contributed by atoms with Crippen LogP contribution in [0.1, 0.15) is 45.4 Å². The average molecular weight is 855 g/mol. The Labute approximate surface area is 329 Å². The summed E-state index contributed by atoms with van der Waals surface area (Å²) in [6, 6.07) is 18.5. The molecule has 4 aromatic rings. The number of benzene rings is 3. The molecule has 2 N–H and O–H groups in total. The summed E-state index contributed by atoms with van der Waals surface area (Å²) in [6.07, 6.45) is 4.44. The Bertz CT molecular complexity index is 1920. The number of aromatic nitrogens is 1. The van der Waals surface area contributed by atoms with Crippen molar-refractivity contribution in [2.45, 2.75) is 58.8 Å². The number of nitrogens with zero attached hydrogens (tertiary/aromatic N) is 4. The topological polar surface area (TPSA) is 138 Å². The molecule has 0 amide bonds. The molecule has 0 bridgehead atoms. The number of aliphatic hydroxyl groups is 1. The van der Waals surface area contributed by atoms with Gasteiger partial charge in [0.2, 0.25) is 0 Å². The van der Waals surface area contributed by atoms with Crippen molar-refractivity contribution in [2.24, 2.45) is 0 Å². The van der Waals surface area contributed by atoms with Gasteiger partial charge in [-0.1, -0.05) is 48.0 Å². The van der Waals surface area contributed by atoms with Crippen LogP contribution in [0, 0.1) is 25.2 Å². The number of hydrogen-bond donors (Lipinski definition) is 2. The number of halogens is 2. The highest BCUT2D eigenvalue weighted by atomic mass is 127. The van der Waals surface area contributed by atoms with Gasteiger partial charge in [0.1, 0.15) is 59.8 Å². The first kappa shape index (κ1) is 40.4. The number of likely N-dealkylation sites (N-methyl/N-ethyl adjacent to an activating group) is 1. The molecule has 0 unspecified atom stereocenters. The number of carbonyl (C=O) groups is 1. The second-order valence-electron chi connectivity index (χ2n) is 13.1. The smallest absolute Gasteiger partial charge is 0.323 e. The molecule has 2 heterocycles. The minimum Gasteiger partial charge on any atom is -0.488 e. The molecule has 0 spiro atoms. The van der Waals surface area contributed by atoms with Crippen LogP contribution in [0.4, 0.5) is 0 Å². The summed E-state index contributed by atoms with van der Waals surface area (Å²) in [7, 11) is 1.60. The fourth-order valence-electron chi connectivity index (χ4n) is 6.39. The second-order valence-corrected chi connectivity index (χ2v) is 14.1. The summed E-state index contributed by atoms with van der Waals surface area (Å²) in [4.78, 5) is 19.7. The Morgan fingerprint density at radius 3 is 2.38 bits per heavy atom.